The van der Waals surface area contributed by atoms with Crippen LogP contribution in [0.25, 0.3) is 6.08 Å². The first kappa shape index (κ1) is 24.4. The van der Waals surface area contributed by atoms with E-state index in [0.717, 1.165) is 41.3 Å². The molecule has 0 fully saturated rings. The third-order valence-electron chi connectivity index (χ3n) is 5.57. The van der Waals surface area contributed by atoms with Gasteiger partial charge in [-0.25, -0.2) is 0 Å². The summed E-state index contributed by atoms with van der Waals surface area (Å²) < 4.78 is 40.0. The Bertz CT molecular complexity index is 1400. The molecule has 3 aromatic carbocycles. The number of hydrogen-bond donors (Lipinski definition) is 1. The minimum atomic E-state index is -4.70. The van der Waals surface area contributed by atoms with Gasteiger partial charge in [-0.05, 0) is 47.5 Å². The van der Waals surface area contributed by atoms with Crippen molar-refractivity contribution in [1.82, 2.24) is 0 Å². The van der Waals surface area contributed by atoms with Crippen molar-refractivity contribution in [3.8, 4) is 0 Å². The van der Waals surface area contributed by atoms with Crippen LogP contribution in [0.5, 0.6) is 0 Å². The number of ketones is 1. The van der Waals surface area contributed by atoms with E-state index >= 15 is 0 Å². The number of non-ortho nitro benzene ring substituents is 1. The Morgan fingerprint density at radius 3 is 2.28 bits per heavy atom. The summed E-state index contributed by atoms with van der Waals surface area (Å²) in [5.74, 6) is -2.74. The predicted molar refractivity (Wildman–Crippen MR) is 125 cm³/mol. The highest BCUT2D eigenvalue weighted by molar-refractivity contribution is 6.19. The second kappa shape index (κ2) is 9.49. The van der Waals surface area contributed by atoms with Crippen molar-refractivity contribution in [3.05, 3.63) is 123 Å². The van der Waals surface area contributed by atoms with E-state index in [1.807, 2.05) is 0 Å². The van der Waals surface area contributed by atoms with Crippen LogP contribution in [0.15, 0.2) is 96.3 Å². The van der Waals surface area contributed by atoms with Gasteiger partial charge < -0.3 is 5.11 Å². The lowest BCUT2D eigenvalue weighted by atomic mass is 9.95. The number of alkyl halides is 3. The van der Waals surface area contributed by atoms with Gasteiger partial charge >= 0.3 is 6.18 Å². The monoisotopic (exact) mass is 494 g/mol. The van der Waals surface area contributed by atoms with E-state index < -0.39 is 40.2 Å². The molecule has 0 spiro atoms. The highest BCUT2D eigenvalue weighted by atomic mass is 19.4. The van der Waals surface area contributed by atoms with E-state index in [1.165, 1.54) is 24.3 Å². The third kappa shape index (κ3) is 4.74. The first-order valence-corrected chi connectivity index (χ1v) is 10.5. The lowest BCUT2D eigenvalue weighted by molar-refractivity contribution is -0.384. The van der Waals surface area contributed by atoms with Gasteiger partial charge in [0, 0.05) is 17.8 Å². The van der Waals surface area contributed by atoms with Crippen molar-refractivity contribution in [2.75, 3.05) is 4.90 Å². The molecule has 36 heavy (non-hydrogen) atoms. The van der Waals surface area contributed by atoms with Crippen LogP contribution < -0.4 is 4.90 Å². The predicted octanol–water partition coefficient (Wildman–Crippen LogP) is 5.80. The number of nitrogens with zero attached hydrogens (tertiary/aromatic N) is 2. The van der Waals surface area contributed by atoms with Crippen molar-refractivity contribution in [3.63, 3.8) is 0 Å². The number of anilines is 1. The second-order valence-electron chi connectivity index (χ2n) is 7.84. The molecule has 1 N–H and O–H groups in total. The van der Waals surface area contributed by atoms with Crippen LogP contribution in [-0.4, -0.2) is 21.7 Å². The molecular weight excluding hydrogens is 477 g/mol. The summed E-state index contributed by atoms with van der Waals surface area (Å²) in [6.45, 7) is 0. The maximum Gasteiger partial charge on any atom is 0.416 e. The SMILES string of the molecule is O=C(/C=C/c1ccccc1)C1=C(O)C(=O)N(c2cccc(C(F)(F)F)c2)C1c1ccc([N+](=O)[O-])cc1. The summed E-state index contributed by atoms with van der Waals surface area (Å²) in [5, 5.41) is 21.7. The van der Waals surface area contributed by atoms with E-state index in [9.17, 15) is 38.0 Å². The van der Waals surface area contributed by atoms with E-state index in [0.29, 0.717) is 5.56 Å². The zero-order valence-electron chi connectivity index (χ0n) is 18.3. The molecule has 7 nitrogen and oxygen atoms in total. The molecule has 10 heteroatoms. The Morgan fingerprint density at radius 1 is 1.00 bits per heavy atom. The van der Waals surface area contributed by atoms with Crippen LogP contribution in [0.1, 0.15) is 22.7 Å². The molecule has 1 aliphatic rings. The minimum absolute atomic E-state index is 0.187. The summed E-state index contributed by atoms with van der Waals surface area (Å²) in [5.41, 5.74) is -1.01. The van der Waals surface area contributed by atoms with Crippen molar-refractivity contribution < 1.29 is 32.8 Å². The number of allylic oxidation sites excluding steroid dienone is 1. The Hall–Kier alpha value is -4.73. The minimum Gasteiger partial charge on any atom is -0.503 e. The number of hydrogen-bond acceptors (Lipinski definition) is 5. The summed E-state index contributed by atoms with van der Waals surface area (Å²) in [7, 11) is 0. The zero-order valence-corrected chi connectivity index (χ0v) is 18.3. The van der Waals surface area contributed by atoms with Crippen LogP contribution >= 0.6 is 0 Å². The highest BCUT2D eigenvalue weighted by Gasteiger charge is 2.44. The van der Waals surface area contributed by atoms with Crippen molar-refractivity contribution in [1.29, 1.82) is 0 Å². The first-order chi connectivity index (χ1) is 17.1. The number of aliphatic hydroxyl groups is 1. The van der Waals surface area contributed by atoms with Gasteiger partial charge in [0.15, 0.2) is 11.5 Å². The zero-order chi connectivity index (χ0) is 26.0. The smallest absolute Gasteiger partial charge is 0.416 e. The third-order valence-corrected chi connectivity index (χ3v) is 5.57. The quantitative estimate of drug-likeness (QED) is 0.265. The Kier molecular flexibility index (Phi) is 6.43. The van der Waals surface area contributed by atoms with Crippen molar-refractivity contribution in [2.24, 2.45) is 0 Å². The van der Waals surface area contributed by atoms with E-state index in [-0.39, 0.29) is 22.5 Å². The van der Waals surface area contributed by atoms with Crippen LogP contribution in [0.3, 0.4) is 0 Å². The van der Waals surface area contributed by atoms with Crippen LogP contribution in [0.2, 0.25) is 0 Å². The van der Waals surface area contributed by atoms with Crippen LogP contribution in [-0.2, 0) is 15.8 Å². The number of carbonyl (C=O) groups excluding carboxylic acids is 2. The summed E-state index contributed by atoms with van der Waals surface area (Å²) >= 11 is 0. The lowest BCUT2D eigenvalue weighted by Crippen LogP contribution is -2.31. The Labute approximate surface area is 202 Å². The van der Waals surface area contributed by atoms with Gasteiger partial charge in [-0.2, -0.15) is 13.2 Å². The van der Waals surface area contributed by atoms with Gasteiger partial charge in [-0.3, -0.25) is 24.6 Å². The van der Waals surface area contributed by atoms with Crippen LogP contribution in [0.4, 0.5) is 24.5 Å². The van der Waals surface area contributed by atoms with Gasteiger partial charge in [0.25, 0.3) is 11.6 Å². The lowest BCUT2D eigenvalue weighted by Gasteiger charge is -2.27. The summed E-state index contributed by atoms with van der Waals surface area (Å²) in [4.78, 5) is 37.5. The summed E-state index contributed by atoms with van der Waals surface area (Å²) in [6.07, 6.45) is -2.09. The maximum atomic E-state index is 13.3. The number of benzene rings is 3. The Morgan fingerprint density at radius 2 is 1.67 bits per heavy atom. The highest BCUT2D eigenvalue weighted by Crippen LogP contribution is 2.43. The first-order valence-electron chi connectivity index (χ1n) is 10.5. The molecule has 1 heterocycles. The molecule has 1 aliphatic heterocycles. The molecule has 1 amide bonds. The number of halogens is 3. The number of nitro groups is 1. The van der Waals surface area contributed by atoms with Gasteiger partial charge in [0.05, 0.1) is 22.1 Å². The molecule has 0 aliphatic carbocycles. The second-order valence-corrected chi connectivity index (χ2v) is 7.84. The van der Waals surface area contributed by atoms with Crippen LogP contribution in [0, 0.1) is 10.1 Å². The molecule has 0 saturated carbocycles. The molecule has 0 aromatic heterocycles. The van der Waals surface area contributed by atoms with Gasteiger partial charge in [0.1, 0.15) is 0 Å². The molecule has 1 unspecified atom stereocenters. The number of amides is 1. The van der Waals surface area contributed by atoms with Crippen molar-refractivity contribution in [2.45, 2.75) is 12.2 Å². The molecule has 1 atom stereocenters. The molecule has 0 radical (unpaired) electrons. The van der Waals surface area contributed by atoms with Gasteiger partial charge in [-0.1, -0.05) is 42.5 Å². The maximum absolute atomic E-state index is 13.3. The largest absolute Gasteiger partial charge is 0.503 e. The summed E-state index contributed by atoms with van der Waals surface area (Å²) in [6, 6.07) is 16.1. The molecular formula is C26H17F3N2O5. The fourth-order valence-electron chi connectivity index (χ4n) is 3.87. The normalized spacial score (nSPS) is 16.1. The average Bonchev–Trinajstić information content (AvgIpc) is 3.13. The Balaban J connectivity index is 1.82. The standard InChI is InChI=1S/C26H17F3N2O5/c27-26(28,29)18-7-4-8-20(15-18)30-23(17-10-12-19(13-11-17)31(35)36)22(24(33)25(30)34)21(32)14-9-16-5-2-1-3-6-16/h1-15,23,33H/b14-9+. The molecule has 3 aromatic rings. The topological polar surface area (TPSA) is 101 Å². The fourth-order valence-corrected chi connectivity index (χ4v) is 3.87. The number of carbonyl (C=O) groups is 2. The van der Waals surface area contributed by atoms with Crippen molar-refractivity contribution >= 4 is 29.1 Å². The van der Waals surface area contributed by atoms with E-state index in [1.54, 1.807) is 30.3 Å². The number of nitro benzene ring substituents is 1. The number of rotatable bonds is 6. The molecule has 182 valence electrons. The van der Waals surface area contributed by atoms with Gasteiger partial charge in [-0.15, -0.1) is 0 Å². The average molecular weight is 494 g/mol. The molecule has 0 bridgehead atoms. The molecule has 0 saturated heterocycles. The van der Waals surface area contributed by atoms with Gasteiger partial charge in [0.2, 0.25) is 0 Å². The fraction of sp³-hybridized carbons (Fsp3) is 0.0769. The van der Waals surface area contributed by atoms with E-state index in [4.69, 9.17) is 0 Å². The number of aliphatic hydroxyl groups excluding tert-OH is 1. The van der Waals surface area contributed by atoms with E-state index in [2.05, 4.69) is 0 Å². The molecule has 4 rings (SSSR count).